The Morgan fingerprint density at radius 2 is 1.90 bits per heavy atom. The smallest absolute Gasteiger partial charge is 0.259 e. The molecule has 3 rings (SSSR count). The van der Waals surface area contributed by atoms with Gasteiger partial charge in [-0.05, 0) is 45.1 Å². The van der Waals surface area contributed by atoms with E-state index in [2.05, 4.69) is 10.4 Å². The van der Waals surface area contributed by atoms with E-state index >= 15 is 0 Å². The number of nitrogens with zero attached hydrogens (tertiary/aromatic N) is 4. The molecule has 1 saturated heterocycles. The van der Waals surface area contributed by atoms with Crippen LogP contribution in [0.25, 0.3) is 0 Å². The number of likely N-dealkylation sites (N-methyl/N-ethyl adjacent to an activating group) is 1. The average Bonchev–Trinajstić information content (AvgIpc) is 3.00. The number of hydrogen-bond donors (Lipinski definition) is 1. The number of aromatic nitrogens is 2. The first-order valence-corrected chi connectivity index (χ1v) is 11.9. The Bertz CT molecular complexity index is 995. The Morgan fingerprint density at radius 3 is 2.55 bits per heavy atom. The summed E-state index contributed by atoms with van der Waals surface area (Å²) in [5, 5.41) is 7.03. The molecule has 0 spiro atoms. The third kappa shape index (κ3) is 5.84. The molecule has 1 aliphatic rings. The van der Waals surface area contributed by atoms with Crippen LogP contribution in [0.5, 0.6) is 5.75 Å². The van der Waals surface area contributed by atoms with Crippen LogP contribution in [0.1, 0.15) is 36.0 Å². The fourth-order valence-corrected chi connectivity index (χ4v) is 5.05. The molecule has 170 valence electrons. The van der Waals surface area contributed by atoms with Crippen LogP contribution in [-0.4, -0.2) is 74.1 Å². The molecular weight excluding hydrogens is 418 g/mol. The largest absolute Gasteiger partial charge is 0.496 e. The summed E-state index contributed by atoms with van der Waals surface area (Å²) in [6.07, 6.45) is 7.07. The van der Waals surface area contributed by atoms with Crippen LogP contribution in [0.15, 0.2) is 35.5 Å². The highest BCUT2D eigenvalue weighted by atomic mass is 32.2. The molecule has 1 aromatic carbocycles. The molecule has 1 amide bonds. The van der Waals surface area contributed by atoms with Gasteiger partial charge in [-0.3, -0.25) is 9.48 Å². The van der Waals surface area contributed by atoms with Gasteiger partial charge in [0.25, 0.3) is 5.91 Å². The second-order valence-corrected chi connectivity index (χ2v) is 9.87. The highest BCUT2D eigenvalue weighted by molar-refractivity contribution is 7.89. The van der Waals surface area contributed by atoms with Gasteiger partial charge in [0, 0.05) is 25.8 Å². The topological polar surface area (TPSA) is 96.8 Å². The van der Waals surface area contributed by atoms with Gasteiger partial charge in [-0.2, -0.15) is 9.40 Å². The van der Waals surface area contributed by atoms with E-state index < -0.39 is 15.9 Å². The molecule has 1 fully saturated rings. The summed E-state index contributed by atoms with van der Waals surface area (Å²) in [6.45, 7) is 2.51. The highest BCUT2D eigenvalue weighted by Crippen LogP contribution is 2.27. The third-order valence-corrected chi connectivity index (χ3v) is 7.18. The molecule has 0 unspecified atom stereocenters. The predicted molar refractivity (Wildman–Crippen MR) is 119 cm³/mol. The van der Waals surface area contributed by atoms with E-state index in [1.807, 2.05) is 19.0 Å². The van der Waals surface area contributed by atoms with E-state index in [0.29, 0.717) is 31.1 Å². The first kappa shape index (κ1) is 23.2. The summed E-state index contributed by atoms with van der Waals surface area (Å²) in [6, 6.07) is 4.42. The van der Waals surface area contributed by atoms with Gasteiger partial charge < -0.3 is 15.0 Å². The summed E-state index contributed by atoms with van der Waals surface area (Å²) in [4.78, 5) is 15.1. The molecule has 0 aliphatic carbocycles. The number of carbonyl (C=O) groups is 1. The predicted octanol–water partition coefficient (Wildman–Crippen LogP) is 2.27. The fourth-order valence-electron chi connectivity index (χ4n) is 3.51. The van der Waals surface area contributed by atoms with Gasteiger partial charge in [-0.1, -0.05) is 12.8 Å². The lowest BCUT2D eigenvalue weighted by molar-refractivity contribution is 0.102. The Hall–Kier alpha value is -2.43. The molecule has 1 aliphatic heterocycles. The molecular formula is C21H31N5O4S. The minimum Gasteiger partial charge on any atom is -0.496 e. The number of ether oxygens (including phenoxy) is 1. The van der Waals surface area contributed by atoms with E-state index in [1.165, 1.54) is 29.6 Å². The van der Waals surface area contributed by atoms with E-state index in [1.54, 1.807) is 17.1 Å². The van der Waals surface area contributed by atoms with Crippen LogP contribution in [0.2, 0.25) is 0 Å². The van der Waals surface area contributed by atoms with Gasteiger partial charge in [0.1, 0.15) is 5.75 Å². The van der Waals surface area contributed by atoms with Crippen molar-refractivity contribution in [2.45, 2.75) is 37.1 Å². The zero-order chi connectivity index (χ0) is 22.4. The number of anilines is 1. The van der Waals surface area contributed by atoms with Gasteiger partial charge in [-0.25, -0.2) is 8.42 Å². The minimum atomic E-state index is -3.67. The van der Waals surface area contributed by atoms with Crippen LogP contribution in [-0.2, 0) is 16.6 Å². The molecule has 0 bridgehead atoms. The number of rotatable bonds is 8. The molecule has 1 N–H and O–H groups in total. The minimum absolute atomic E-state index is 0.0991. The molecule has 0 atom stereocenters. The van der Waals surface area contributed by atoms with Crippen LogP contribution < -0.4 is 10.1 Å². The normalized spacial score (nSPS) is 15.6. The zero-order valence-electron chi connectivity index (χ0n) is 18.4. The van der Waals surface area contributed by atoms with Crippen molar-refractivity contribution >= 4 is 21.6 Å². The number of sulfonamides is 1. The lowest BCUT2D eigenvalue weighted by Gasteiger charge is -2.20. The lowest BCUT2D eigenvalue weighted by Crippen LogP contribution is -2.32. The van der Waals surface area contributed by atoms with Crippen LogP contribution >= 0.6 is 0 Å². The van der Waals surface area contributed by atoms with Crippen LogP contribution in [0, 0.1) is 0 Å². The fraction of sp³-hybridized carbons (Fsp3) is 0.524. The number of methoxy groups -OCH3 is 1. The molecule has 2 heterocycles. The molecule has 0 radical (unpaired) electrons. The van der Waals surface area contributed by atoms with E-state index in [-0.39, 0.29) is 10.5 Å². The third-order valence-electron chi connectivity index (χ3n) is 5.29. The standard InChI is InChI=1S/C21H31N5O4S/c1-24(2)12-13-25-16-17(15-22-25)23-21(27)19-14-18(8-9-20(19)30-3)31(28,29)26-10-6-4-5-7-11-26/h8-9,14-16H,4-7,10-13H2,1-3H3,(H,23,27). The second kappa shape index (κ2) is 10.3. The Labute approximate surface area is 184 Å². The quantitative estimate of drug-likeness (QED) is 0.664. The van der Waals surface area contributed by atoms with Gasteiger partial charge in [0.15, 0.2) is 0 Å². The van der Waals surface area contributed by atoms with Gasteiger partial charge in [0.2, 0.25) is 10.0 Å². The SMILES string of the molecule is COc1ccc(S(=O)(=O)N2CCCCCC2)cc1C(=O)Nc1cnn(CCN(C)C)c1. The zero-order valence-corrected chi connectivity index (χ0v) is 19.2. The lowest BCUT2D eigenvalue weighted by atomic mass is 10.2. The summed E-state index contributed by atoms with van der Waals surface area (Å²) in [7, 11) is 1.73. The molecule has 1 aromatic heterocycles. The van der Waals surface area contributed by atoms with Crippen molar-refractivity contribution in [2.24, 2.45) is 0 Å². The van der Waals surface area contributed by atoms with E-state index in [0.717, 1.165) is 32.2 Å². The van der Waals surface area contributed by atoms with Gasteiger partial charge >= 0.3 is 0 Å². The van der Waals surface area contributed by atoms with Gasteiger partial charge in [-0.15, -0.1) is 0 Å². The second-order valence-electron chi connectivity index (χ2n) is 7.93. The van der Waals surface area contributed by atoms with E-state index in [9.17, 15) is 13.2 Å². The maximum Gasteiger partial charge on any atom is 0.259 e. The monoisotopic (exact) mass is 449 g/mol. The number of hydrogen-bond acceptors (Lipinski definition) is 6. The average molecular weight is 450 g/mol. The van der Waals surface area contributed by atoms with Gasteiger partial charge in [0.05, 0.1) is 36.0 Å². The first-order chi connectivity index (χ1) is 14.8. The summed E-state index contributed by atoms with van der Waals surface area (Å²) in [5.74, 6) is -0.135. The highest BCUT2D eigenvalue weighted by Gasteiger charge is 2.27. The molecule has 31 heavy (non-hydrogen) atoms. The Morgan fingerprint density at radius 1 is 1.19 bits per heavy atom. The number of carbonyl (C=O) groups excluding carboxylic acids is 1. The van der Waals surface area contributed by atoms with Crippen molar-refractivity contribution in [1.82, 2.24) is 19.0 Å². The molecule has 9 nitrogen and oxygen atoms in total. The maximum absolute atomic E-state index is 13.1. The number of amides is 1. The molecule has 2 aromatic rings. The van der Waals surface area contributed by atoms with Crippen molar-refractivity contribution in [3.8, 4) is 5.75 Å². The van der Waals surface area contributed by atoms with Crippen LogP contribution in [0.4, 0.5) is 5.69 Å². The first-order valence-electron chi connectivity index (χ1n) is 10.5. The van der Waals surface area contributed by atoms with Crippen LogP contribution in [0.3, 0.4) is 0 Å². The van der Waals surface area contributed by atoms with Crippen molar-refractivity contribution < 1.29 is 17.9 Å². The summed E-state index contributed by atoms with van der Waals surface area (Å²) < 4.78 is 34.8. The van der Waals surface area contributed by atoms with Crippen molar-refractivity contribution in [3.05, 3.63) is 36.2 Å². The Kier molecular flexibility index (Phi) is 7.69. The summed E-state index contributed by atoms with van der Waals surface area (Å²) in [5.41, 5.74) is 0.700. The molecule has 0 saturated carbocycles. The Balaban J connectivity index is 1.81. The number of benzene rings is 1. The summed E-state index contributed by atoms with van der Waals surface area (Å²) >= 11 is 0. The van der Waals surface area contributed by atoms with Crippen molar-refractivity contribution in [2.75, 3.05) is 46.2 Å². The molecule has 10 heteroatoms. The van der Waals surface area contributed by atoms with Crippen molar-refractivity contribution in [3.63, 3.8) is 0 Å². The van der Waals surface area contributed by atoms with Crippen molar-refractivity contribution in [1.29, 1.82) is 0 Å². The van der Waals surface area contributed by atoms with E-state index in [4.69, 9.17) is 4.74 Å². The maximum atomic E-state index is 13.1. The number of nitrogens with one attached hydrogen (secondary N) is 1.